The van der Waals surface area contributed by atoms with Gasteiger partial charge in [-0.3, -0.25) is 9.48 Å². The molecule has 0 saturated heterocycles. The predicted octanol–water partition coefficient (Wildman–Crippen LogP) is 2.83. The molecule has 0 aliphatic heterocycles. The van der Waals surface area contributed by atoms with Gasteiger partial charge in [0.15, 0.2) is 5.78 Å². The summed E-state index contributed by atoms with van der Waals surface area (Å²) in [6, 6.07) is 6.78. The summed E-state index contributed by atoms with van der Waals surface area (Å²) in [5, 5.41) is 17.2. The maximum atomic E-state index is 12.3. The molecule has 3 aromatic rings. The van der Waals surface area contributed by atoms with E-state index in [2.05, 4.69) is 20.5 Å². The third-order valence-electron chi connectivity index (χ3n) is 3.38. The minimum Gasteiger partial charge on any atom is -0.292 e. The molecule has 1 aromatic carbocycles. The summed E-state index contributed by atoms with van der Waals surface area (Å²) in [5.41, 5.74) is 1.06. The van der Waals surface area contributed by atoms with Gasteiger partial charge < -0.3 is 0 Å². The smallest absolute Gasteiger partial charge is 0.208 e. The van der Waals surface area contributed by atoms with Crippen LogP contribution in [0.15, 0.2) is 36.7 Å². The number of carbonyl (C=O) groups excluding carboxylic acids is 1. The van der Waals surface area contributed by atoms with E-state index in [9.17, 15) is 4.79 Å². The lowest BCUT2D eigenvalue weighted by molar-refractivity contribution is 0.0968. The molecule has 0 bridgehead atoms. The van der Waals surface area contributed by atoms with Crippen molar-refractivity contribution in [3.63, 3.8) is 0 Å². The van der Waals surface area contributed by atoms with Crippen LogP contribution in [-0.4, -0.2) is 35.8 Å². The summed E-state index contributed by atoms with van der Waals surface area (Å²) in [4.78, 5) is 13.8. The van der Waals surface area contributed by atoms with Gasteiger partial charge in [0.1, 0.15) is 6.54 Å². The molecule has 0 aliphatic rings. The van der Waals surface area contributed by atoms with Crippen LogP contribution in [0.3, 0.4) is 0 Å². The minimum atomic E-state index is -0.244. The van der Waals surface area contributed by atoms with E-state index >= 15 is 0 Å². The number of hydrogen-bond donors (Lipinski definition) is 0. The summed E-state index contributed by atoms with van der Waals surface area (Å²) >= 11 is 5.83. The monoisotopic (exact) mass is 344 g/mol. The number of ketones is 1. The standard InChI is InChI=1S/C16H17ClN6O/c1-16(2,3)23-20-15(19-21-23)12-8-18-22(9-12)10-14(24)11-4-6-13(17)7-5-11/h4-9H,10H2,1-3H3. The number of hydrogen-bond acceptors (Lipinski definition) is 5. The van der Waals surface area contributed by atoms with Gasteiger partial charge in [0.05, 0.1) is 17.3 Å². The molecule has 0 saturated carbocycles. The zero-order valence-electron chi connectivity index (χ0n) is 13.6. The average molecular weight is 345 g/mol. The van der Waals surface area contributed by atoms with E-state index in [0.717, 1.165) is 5.56 Å². The Morgan fingerprint density at radius 3 is 2.54 bits per heavy atom. The van der Waals surface area contributed by atoms with Crippen molar-refractivity contribution in [2.45, 2.75) is 32.9 Å². The predicted molar refractivity (Wildman–Crippen MR) is 89.8 cm³/mol. The van der Waals surface area contributed by atoms with Crippen molar-refractivity contribution in [1.29, 1.82) is 0 Å². The molecule has 2 heterocycles. The lowest BCUT2D eigenvalue weighted by atomic mass is 10.1. The van der Waals surface area contributed by atoms with Crippen molar-refractivity contribution in [3.8, 4) is 11.4 Å². The largest absolute Gasteiger partial charge is 0.292 e. The van der Waals surface area contributed by atoms with Gasteiger partial charge in [-0.2, -0.15) is 9.90 Å². The van der Waals surface area contributed by atoms with E-state index in [-0.39, 0.29) is 17.9 Å². The quantitative estimate of drug-likeness (QED) is 0.680. The molecule has 0 fully saturated rings. The summed E-state index contributed by atoms with van der Waals surface area (Å²) in [7, 11) is 0. The van der Waals surface area contributed by atoms with E-state index in [0.29, 0.717) is 16.4 Å². The van der Waals surface area contributed by atoms with Crippen LogP contribution in [0.2, 0.25) is 5.02 Å². The van der Waals surface area contributed by atoms with Crippen LogP contribution in [-0.2, 0) is 12.1 Å². The van der Waals surface area contributed by atoms with Gasteiger partial charge >= 0.3 is 0 Å². The van der Waals surface area contributed by atoms with E-state index in [1.54, 1.807) is 46.1 Å². The highest BCUT2D eigenvalue weighted by atomic mass is 35.5. The third-order valence-corrected chi connectivity index (χ3v) is 3.63. The molecule has 0 N–H and O–H groups in total. The first-order chi connectivity index (χ1) is 11.3. The number of rotatable bonds is 4. The summed E-state index contributed by atoms with van der Waals surface area (Å²) in [6.07, 6.45) is 3.36. The second kappa shape index (κ2) is 6.16. The Morgan fingerprint density at radius 2 is 1.92 bits per heavy atom. The Morgan fingerprint density at radius 1 is 1.21 bits per heavy atom. The maximum Gasteiger partial charge on any atom is 0.208 e. The molecule has 0 radical (unpaired) electrons. The normalized spacial score (nSPS) is 11.7. The Balaban J connectivity index is 1.75. The first-order valence-electron chi connectivity index (χ1n) is 7.45. The van der Waals surface area contributed by atoms with Gasteiger partial charge in [-0.1, -0.05) is 11.6 Å². The Kier molecular flexibility index (Phi) is 4.19. The molecule has 124 valence electrons. The molecule has 0 atom stereocenters. The van der Waals surface area contributed by atoms with Crippen molar-refractivity contribution in [2.24, 2.45) is 0 Å². The zero-order valence-corrected chi connectivity index (χ0v) is 14.4. The molecule has 8 heteroatoms. The highest BCUT2D eigenvalue weighted by Gasteiger charge is 2.18. The molecule has 3 rings (SSSR count). The van der Waals surface area contributed by atoms with Crippen LogP contribution in [0.5, 0.6) is 0 Å². The fourth-order valence-electron chi connectivity index (χ4n) is 2.05. The van der Waals surface area contributed by atoms with Crippen LogP contribution < -0.4 is 0 Å². The van der Waals surface area contributed by atoms with Crippen LogP contribution in [0.4, 0.5) is 0 Å². The van der Waals surface area contributed by atoms with Crippen LogP contribution in [0, 0.1) is 0 Å². The molecule has 0 amide bonds. The SMILES string of the molecule is CC(C)(C)n1nnc(-c2cnn(CC(=O)c3ccc(Cl)cc3)c2)n1. The van der Waals surface area contributed by atoms with E-state index < -0.39 is 0 Å². The number of carbonyl (C=O) groups is 1. The number of aromatic nitrogens is 6. The fraction of sp³-hybridized carbons (Fsp3) is 0.312. The van der Waals surface area contributed by atoms with Crippen molar-refractivity contribution < 1.29 is 4.79 Å². The zero-order chi connectivity index (χ0) is 17.3. The molecule has 2 aromatic heterocycles. The summed E-state index contributed by atoms with van der Waals surface area (Å²) in [6.45, 7) is 6.11. The second-order valence-corrected chi connectivity index (χ2v) is 6.87. The van der Waals surface area contributed by atoms with Gasteiger partial charge in [0.2, 0.25) is 5.82 Å². The molecule has 24 heavy (non-hydrogen) atoms. The van der Waals surface area contributed by atoms with Gasteiger partial charge in [-0.05, 0) is 50.3 Å². The Bertz CT molecular complexity index is 859. The number of nitrogens with zero attached hydrogens (tertiary/aromatic N) is 6. The summed E-state index contributed by atoms with van der Waals surface area (Å²) in [5.74, 6) is 0.433. The van der Waals surface area contributed by atoms with E-state index in [1.165, 1.54) is 0 Å². The van der Waals surface area contributed by atoms with Gasteiger partial charge in [-0.15, -0.1) is 10.2 Å². The lowest BCUT2D eigenvalue weighted by Crippen LogP contribution is -2.24. The number of halogens is 1. The van der Waals surface area contributed by atoms with Gasteiger partial charge in [0, 0.05) is 16.8 Å². The van der Waals surface area contributed by atoms with Crippen molar-refractivity contribution in [3.05, 3.63) is 47.2 Å². The number of tetrazole rings is 1. The van der Waals surface area contributed by atoms with Crippen LogP contribution in [0.1, 0.15) is 31.1 Å². The van der Waals surface area contributed by atoms with Gasteiger partial charge in [-0.25, -0.2) is 0 Å². The number of Topliss-reactive ketones (excluding diaryl/α,β-unsaturated/α-hetero) is 1. The van der Waals surface area contributed by atoms with Crippen molar-refractivity contribution in [2.75, 3.05) is 0 Å². The van der Waals surface area contributed by atoms with E-state index in [4.69, 9.17) is 11.6 Å². The first kappa shape index (κ1) is 16.3. The van der Waals surface area contributed by atoms with Crippen molar-refractivity contribution in [1.82, 2.24) is 30.0 Å². The fourth-order valence-corrected chi connectivity index (χ4v) is 2.18. The first-order valence-corrected chi connectivity index (χ1v) is 7.83. The molecule has 0 aliphatic carbocycles. The van der Waals surface area contributed by atoms with Crippen LogP contribution >= 0.6 is 11.6 Å². The maximum absolute atomic E-state index is 12.3. The minimum absolute atomic E-state index is 0.0485. The second-order valence-electron chi connectivity index (χ2n) is 6.43. The Labute approximate surface area is 144 Å². The number of benzene rings is 1. The summed E-state index contributed by atoms with van der Waals surface area (Å²) < 4.78 is 1.56. The topological polar surface area (TPSA) is 78.5 Å². The highest BCUT2D eigenvalue weighted by molar-refractivity contribution is 6.30. The average Bonchev–Trinajstić information content (AvgIpc) is 3.15. The third kappa shape index (κ3) is 3.51. The van der Waals surface area contributed by atoms with Crippen LogP contribution in [0.25, 0.3) is 11.4 Å². The molecular weight excluding hydrogens is 328 g/mol. The van der Waals surface area contributed by atoms with E-state index in [1.807, 2.05) is 20.8 Å². The molecular formula is C16H17ClN6O. The molecule has 0 unspecified atom stereocenters. The Hall–Kier alpha value is -2.54. The van der Waals surface area contributed by atoms with Crippen molar-refractivity contribution >= 4 is 17.4 Å². The molecule has 7 nitrogen and oxygen atoms in total. The highest BCUT2D eigenvalue weighted by Crippen LogP contribution is 2.16. The lowest BCUT2D eigenvalue weighted by Gasteiger charge is -2.15. The van der Waals surface area contributed by atoms with Gasteiger partial charge in [0.25, 0.3) is 0 Å². The molecule has 0 spiro atoms.